The van der Waals surface area contributed by atoms with Crippen LogP contribution in [0.2, 0.25) is 5.02 Å². The van der Waals surface area contributed by atoms with Crippen molar-refractivity contribution in [2.45, 2.75) is 57.5 Å². The SMILES string of the molecule is Cc1ccc([C@H](CC(=O)O)NC(=O)c2nc(C3CC3)n(-c3ccccc3Cl)n2)cc1.Cc1ccccc1[C@H](CC(=O)O)NC(=O)c1nc(-c2ccccc2)n(-c2ccccc2)n1. The largest absolute Gasteiger partial charge is 0.481 e. The fraction of sp³-hybridized carbons (Fsp3) is 0.191. The van der Waals surface area contributed by atoms with Crippen LogP contribution < -0.4 is 10.6 Å². The molecular weight excluding hydrogens is 808 g/mol. The molecule has 8 rings (SSSR count). The van der Waals surface area contributed by atoms with Gasteiger partial charge in [-0.2, -0.15) is 0 Å². The van der Waals surface area contributed by atoms with Crippen molar-refractivity contribution in [3.63, 3.8) is 0 Å². The van der Waals surface area contributed by atoms with Crippen LogP contribution in [0.3, 0.4) is 0 Å². The third-order valence-corrected chi connectivity index (χ3v) is 10.4. The first-order chi connectivity index (χ1) is 29.9. The molecule has 62 heavy (non-hydrogen) atoms. The molecule has 1 saturated carbocycles. The number of nitrogens with one attached hydrogen (secondary N) is 2. The average molecular weight is 851 g/mol. The molecule has 314 valence electrons. The molecule has 1 aliphatic carbocycles. The van der Waals surface area contributed by atoms with E-state index in [0.29, 0.717) is 27.9 Å². The third-order valence-electron chi connectivity index (χ3n) is 10.1. The number of aliphatic carboxylic acids is 2. The van der Waals surface area contributed by atoms with Crippen LogP contribution in [0.25, 0.3) is 22.8 Å². The van der Waals surface area contributed by atoms with Gasteiger partial charge in [0, 0.05) is 11.5 Å². The second kappa shape index (κ2) is 19.3. The molecule has 2 amide bonds. The molecule has 15 heteroatoms. The predicted molar refractivity (Wildman–Crippen MR) is 232 cm³/mol. The minimum absolute atomic E-state index is 0.000629. The van der Waals surface area contributed by atoms with Crippen molar-refractivity contribution in [3.05, 3.63) is 178 Å². The number of benzene rings is 5. The maximum absolute atomic E-state index is 13.1. The van der Waals surface area contributed by atoms with E-state index in [1.807, 2.05) is 141 Å². The first kappa shape index (κ1) is 42.7. The number of rotatable bonds is 14. The molecule has 0 bridgehead atoms. The number of aryl methyl sites for hydroxylation is 2. The number of halogens is 1. The van der Waals surface area contributed by atoms with Crippen LogP contribution in [0.15, 0.2) is 133 Å². The number of hydrogen-bond donors (Lipinski definition) is 4. The number of aromatic nitrogens is 6. The van der Waals surface area contributed by atoms with E-state index in [4.69, 9.17) is 11.6 Å². The molecule has 4 N–H and O–H groups in total. The minimum atomic E-state index is -1.01. The molecule has 1 fully saturated rings. The summed E-state index contributed by atoms with van der Waals surface area (Å²) in [6.45, 7) is 3.82. The lowest BCUT2D eigenvalue weighted by Gasteiger charge is -2.18. The average Bonchev–Trinajstić information content (AvgIpc) is 3.85. The molecule has 5 aromatic carbocycles. The number of carboxylic acids is 2. The van der Waals surface area contributed by atoms with Crippen molar-refractivity contribution < 1.29 is 29.4 Å². The summed E-state index contributed by atoms with van der Waals surface area (Å²) in [7, 11) is 0. The van der Waals surface area contributed by atoms with Gasteiger partial charge in [-0.25, -0.2) is 19.3 Å². The molecule has 2 atom stereocenters. The predicted octanol–water partition coefficient (Wildman–Crippen LogP) is 8.24. The second-order valence-corrected chi connectivity index (χ2v) is 15.2. The summed E-state index contributed by atoms with van der Waals surface area (Å²) in [5.41, 5.74) is 5.63. The molecule has 0 unspecified atom stereocenters. The summed E-state index contributed by atoms with van der Waals surface area (Å²) < 4.78 is 3.23. The van der Waals surface area contributed by atoms with Crippen molar-refractivity contribution in [1.29, 1.82) is 0 Å². The summed E-state index contributed by atoms with van der Waals surface area (Å²) in [4.78, 5) is 57.8. The van der Waals surface area contributed by atoms with Crippen LogP contribution in [-0.2, 0) is 9.59 Å². The van der Waals surface area contributed by atoms with Crippen LogP contribution in [-0.4, -0.2) is 63.5 Å². The van der Waals surface area contributed by atoms with Gasteiger partial charge in [-0.1, -0.05) is 126 Å². The smallest absolute Gasteiger partial charge is 0.305 e. The van der Waals surface area contributed by atoms with E-state index in [9.17, 15) is 29.4 Å². The van der Waals surface area contributed by atoms with Crippen molar-refractivity contribution in [1.82, 2.24) is 40.2 Å². The number of amides is 2. The van der Waals surface area contributed by atoms with Gasteiger partial charge in [0.25, 0.3) is 11.8 Å². The molecule has 7 aromatic rings. The topological polar surface area (TPSA) is 194 Å². The van der Waals surface area contributed by atoms with Crippen molar-refractivity contribution in [2.75, 3.05) is 0 Å². The second-order valence-electron chi connectivity index (χ2n) is 14.8. The third kappa shape index (κ3) is 10.5. The Labute approximate surface area is 362 Å². The maximum Gasteiger partial charge on any atom is 0.305 e. The van der Waals surface area contributed by atoms with Crippen LogP contribution >= 0.6 is 11.6 Å². The van der Waals surface area contributed by atoms with Crippen LogP contribution in [0.1, 0.15) is 93.0 Å². The van der Waals surface area contributed by atoms with E-state index in [-0.39, 0.29) is 30.4 Å². The molecule has 1 aliphatic rings. The van der Waals surface area contributed by atoms with Crippen molar-refractivity contribution in [3.8, 4) is 22.8 Å². The Bertz CT molecular complexity index is 2640. The fourth-order valence-corrected chi connectivity index (χ4v) is 7.04. The zero-order valence-electron chi connectivity index (χ0n) is 33.9. The van der Waals surface area contributed by atoms with E-state index in [0.717, 1.165) is 40.8 Å². The number of carboxylic acid groups (broad SMARTS) is 2. The summed E-state index contributed by atoms with van der Waals surface area (Å²) in [6.07, 6.45) is 1.47. The fourth-order valence-electron chi connectivity index (χ4n) is 6.82. The Hall–Kier alpha value is -7.45. The molecule has 0 radical (unpaired) electrons. The highest BCUT2D eigenvalue weighted by molar-refractivity contribution is 6.32. The molecule has 2 heterocycles. The number of hydrogen-bond acceptors (Lipinski definition) is 8. The first-order valence-electron chi connectivity index (χ1n) is 19.9. The normalized spacial score (nSPS) is 13.0. The van der Waals surface area contributed by atoms with Gasteiger partial charge in [0.1, 0.15) is 5.82 Å². The molecular formula is C47H43ClN8O6. The molecule has 0 aliphatic heterocycles. The highest BCUT2D eigenvalue weighted by Gasteiger charge is 2.33. The number of carbonyl (C=O) groups is 4. The maximum atomic E-state index is 13.1. The van der Waals surface area contributed by atoms with Gasteiger partial charge >= 0.3 is 11.9 Å². The number of carbonyl (C=O) groups excluding carboxylic acids is 2. The molecule has 2 aromatic heterocycles. The Morgan fingerprint density at radius 2 is 1.21 bits per heavy atom. The summed E-state index contributed by atoms with van der Waals surface area (Å²) in [6, 6.07) is 39.5. The van der Waals surface area contributed by atoms with Gasteiger partial charge in [0.05, 0.1) is 41.3 Å². The standard InChI is InChI=1S/C25H22N4O3.C22H21ClN4O3/c1-17-10-8-9-15-20(17)21(16-22(30)31)26-25(32)23-27-24(18-11-4-2-5-12-18)29(28-23)19-13-6-3-7-14-19;1-13-6-8-14(9-7-13)17(12-19(28)29)24-22(30)20-25-21(15-10-11-15)27(26-20)18-5-3-2-4-16(18)23/h2-15,21H,16H2,1H3,(H,26,32)(H,30,31);2-9,15,17H,10-12H2,1H3,(H,24,30)(H,28,29)/t21-;17-/m00/s1. The van der Waals surface area contributed by atoms with Gasteiger partial charge in [0.15, 0.2) is 5.82 Å². The van der Waals surface area contributed by atoms with E-state index >= 15 is 0 Å². The highest BCUT2D eigenvalue weighted by Crippen LogP contribution is 2.40. The summed E-state index contributed by atoms with van der Waals surface area (Å²) in [5.74, 6) is -1.65. The molecule has 0 spiro atoms. The van der Waals surface area contributed by atoms with Gasteiger partial charge in [-0.15, -0.1) is 10.2 Å². The highest BCUT2D eigenvalue weighted by atomic mass is 35.5. The van der Waals surface area contributed by atoms with Crippen LogP contribution in [0.5, 0.6) is 0 Å². The number of nitrogens with zero attached hydrogens (tertiary/aromatic N) is 6. The van der Waals surface area contributed by atoms with Crippen LogP contribution in [0, 0.1) is 13.8 Å². The lowest BCUT2D eigenvalue weighted by atomic mass is 9.99. The number of para-hydroxylation sites is 2. The minimum Gasteiger partial charge on any atom is -0.481 e. The van der Waals surface area contributed by atoms with Gasteiger partial charge in [-0.05, 0) is 67.6 Å². The Kier molecular flexibility index (Phi) is 13.3. The zero-order valence-corrected chi connectivity index (χ0v) is 34.6. The van der Waals surface area contributed by atoms with Gasteiger partial charge < -0.3 is 20.8 Å². The van der Waals surface area contributed by atoms with E-state index in [1.165, 1.54) is 0 Å². The Morgan fingerprint density at radius 3 is 1.84 bits per heavy atom. The Morgan fingerprint density at radius 1 is 0.661 bits per heavy atom. The summed E-state index contributed by atoms with van der Waals surface area (Å²) >= 11 is 6.32. The van der Waals surface area contributed by atoms with Crippen molar-refractivity contribution in [2.24, 2.45) is 0 Å². The Balaban J connectivity index is 0.000000187. The summed E-state index contributed by atoms with van der Waals surface area (Å²) in [5, 5.41) is 33.6. The quantitative estimate of drug-likeness (QED) is 0.0828. The lowest BCUT2D eigenvalue weighted by molar-refractivity contribution is -0.138. The molecule has 14 nitrogen and oxygen atoms in total. The van der Waals surface area contributed by atoms with E-state index < -0.39 is 35.8 Å². The van der Waals surface area contributed by atoms with Crippen molar-refractivity contribution >= 4 is 35.4 Å². The lowest BCUT2D eigenvalue weighted by Crippen LogP contribution is -2.31. The van der Waals surface area contributed by atoms with Crippen LogP contribution in [0.4, 0.5) is 0 Å². The zero-order chi connectivity index (χ0) is 43.8. The molecule has 0 saturated heterocycles. The van der Waals surface area contributed by atoms with E-state index in [1.54, 1.807) is 15.4 Å². The first-order valence-corrected chi connectivity index (χ1v) is 20.3. The van der Waals surface area contributed by atoms with E-state index in [2.05, 4.69) is 30.8 Å². The monoisotopic (exact) mass is 850 g/mol. The van der Waals surface area contributed by atoms with Gasteiger partial charge in [0.2, 0.25) is 11.6 Å². The van der Waals surface area contributed by atoms with Gasteiger partial charge in [-0.3, -0.25) is 19.2 Å².